The lowest BCUT2D eigenvalue weighted by molar-refractivity contribution is 0.103. The minimum Gasteiger partial charge on any atom is -0.289 e. The highest BCUT2D eigenvalue weighted by Crippen LogP contribution is 2.37. The van der Waals surface area contributed by atoms with E-state index in [9.17, 15) is 13.2 Å². The van der Waals surface area contributed by atoms with Gasteiger partial charge in [-0.25, -0.2) is 13.6 Å². The number of carbonyl (C=O) groups is 1. The second-order valence-electron chi connectivity index (χ2n) is 7.88. The number of aromatic nitrogens is 1. The van der Waals surface area contributed by atoms with Crippen molar-refractivity contribution in [2.45, 2.75) is 42.9 Å². The Kier molecular flexibility index (Phi) is 6.23. The van der Waals surface area contributed by atoms with Crippen molar-refractivity contribution in [3.8, 4) is 11.3 Å². The maximum Gasteiger partial charge on any atom is 0.238 e. The van der Waals surface area contributed by atoms with Crippen LogP contribution in [0.25, 0.3) is 11.3 Å². The van der Waals surface area contributed by atoms with Gasteiger partial charge in [0.05, 0.1) is 21.2 Å². The van der Waals surface area contributed by atoms with Gasteiger partial charge in [-0.1, -0.05) is 67.3 Å². The first-order chi connectivity index (χ1) is 14.8. The summed E-state index contributed by atoms with van der Waals surface area (Å²) in [5.74, 6) is 0.0663. The first-order valence-electron chi connectivity index (χ1n) is 10.3. The van der Waals surface area contributed by atoms with Crippen LogP contribution in [0.4, 0.5) is 0 Å². The lowest BCUT2D eigenvalue weighted by atomic mass is 9.83. The van der Waals surface area contributed by atoms with Gasteiger partial charge in [-0.15, -0.1) is 0 Å². The predicted octanol–water partition coefficient (Wildman–Crippen LogP) is 5.33. The molecule has 4 rings (SSSR count). The number of nitrogens with two attached hydrogens (primary N) is 1. The number of hydrogen-bond acceptors (Lipinski definition) is 4. The van der Waals surface area contributed by atoms with Crippen molar-refractivity contribution >= 4 is 27.4 Å². The number of primary sulfonamides is 1. The van der Waals surface area contributed by atoms with E-state index in [1.807, 2.05) is 18.2 Å². The third-order valence-electron chi connectivity index (χ3n) is 5.78. The van der Waals surface area contributed by atoms with Crippen LogP contribution in [-0.2, 0) is 10.0 Å². The number of halogens is 1. The summed E-state index contributed by atoms with van der Waals surface area (Å²) in [6.07, 6.45) is 7.03. The first-order valence-corrected chi connectivity index (χ1v) is 12.2. The summed E-state index contributed by atoms with van der Waals surface area (Å²) >= 11 is 6.16. The Morgan fingerprint density at radius 2 is 1.71 bits per heavy atom. The quantitative estimate of drug-likeness (QED) is 0.527. The van der Waals surface area contributed by atoms with Crippen molar-refractivity contribution in [2.24, 2.45) is 5.14 Å². The average molecular weight is 455 g/mol. The number of nitrogens with zero attached hydrogens (tertiary/aromatic N) is 1. The Morgan fingerprint density at radius 3 is 2.39 bits per heavy atom. The molecule has 31 heavy (non-hydrogen) atoms. The molecule has 0 unspecified atom stereocenters. The van der Waals surface area contributed by atoms with Crippen molar-refractivity contribution in [3.63, 3.8) is 0 Å². The summed E-state index contributed by atoms with van der Waals surface area (Å²) in [6, 6.07) is 15.5. The zero-order valence-electron chi connectivity index (χ0n) is 16.9. The molecular formula is C24H23ClN2O3S. The molecule has 3 aromatic rings. The van der Waals surface area contributed by atoms with Crippen LogP contribution in [-0.4, -0.2) is 19.2 Å². The number of sulfonamides is 1. The van der Waals surface area contributed by atoms with Gasteiger partial charge in [0.15, 0.2) is 5.78 Å². The fraction of sp³-hybridized carbons (Fsp3) is 0.250. The van der Waals surface area contributed by atoms with E-state index in [4.69, 9.17) is 16.7 Å². The Hall–Kier alpha value is -2.54. The largest absolute Gasteiger partial charge is 0.289 e. The van der Waals surface area contributed by atoms with E-state index >= 15 is 0 Å². The van der Waals surface area contributed by atoms with Crippen LogP contribution in [0.3, 0.4) is 0 Å². The molecule has 0 saturated heterocycles. The molecule has 2 aromatic carbocycles. The molecule has 160 valence electrons. The van der Waals surface area contributed by atoms with Gasteiger partial charge in [-0.2, -0.15) is 0 Å². The fourth-order valence-corrected chi connectivity index (χ4v) is 5.12. The van der Waals surface area contributed by atoms with Gasteiger partial charge in [-0.3, -0.25) is 9.78 Å². The van der Waals surface area contributed by atoms with Gasteiger partial charge in [0, 0.05) is 17.3 Å². The molecule has 2 N–H and O–H groups in total. The fourth-order valence-electron chi connectivity index (χ4n) is 4.24. The third-order valence-corrected chi connectivity index (χ3v) is 6.95. The number of benzene rings is 2. The van der Waals surface area contributed by atoms with Crippen molar-refractivity contribution in [3.05, 3.63) is 82.5 Å². The molecule has 1 aliphatic carbocycles. The normalized spacial score (nSPS) is 15.0. The Morgan fingerprint density at radius 1 is 1.00 bits per heavy atom. The van der Waals surface area contributed by atoms with E-state index < -0.39 is 10.0 Å². The molecule has 1 heterocycles. The highest BCUT2D eigenvalue weighted by atomic mass is 35.5. The molecule has 5 nitrogen and oxygen atoms in total. The molecule has 1 aromatic heterocycles. The zero-order valence-corrected chi connectivity index (χ0v) is 18.5. The Balaban J connectivity index is 1.91. The molecule has 0 bridgehead atoms. The summed E-state index contributed by atoms with van der Waals surface area (Å²) in [5.41, 5.74) is 2.34. The van der Waals surface area contributed by atoms with Crippen LogP contribution >= 0.6 is 11.6 Å². The summed E-state index contributed by atoms with van der Waals surface area (Å²) in [4.78, 5) is 17.6. The molecule has 0 atom stereocenters. The highest BCUT2D eigenvalue weighted by molar-refractivity contribution is 7.89. The Labute approximate surface area is 187 Å². The number of hydrogen-bond donors (Lipinski definition) is 1. The molecule has 1 saturated carbocycles. The molecule has 1 aliphatic rings. The van der Waals surface area contributed by atoms with E-state index in [2.05, 4.69) is 4.98 Å². The number of ketones is 1. The second-order valence-corrected chi connectivity index (χ2v) is 9.85. The van der Waals surface area contributed by atoms with E-state index in [0.717, 1.165) is 31.2 Å². The monoisotopic (exact) mass is 454 g/mol. The summed E-state index contributed by atoms with van der Waals surface area (Å²) in [7, 11) is -4.03. The SMILES string of the molecule is NS(=O)(=O)c1ccc(C2CCCCC2)cc1-c1ncc(Cl)cc1C(=O)c1ccccc1. The van der Waals surface area contributed by atoms with Crippen LogP contribution in [0.2, 0.25) is 5.02 Å². The molecule has 0 radical (unpaired) electrons. The maximum atomic E-state index is 13.3. The predicted molar refractivity (Wildman–Crippen MR) is 122 cm³/mol. The van der Waals surface area contributed by atoms with Crippen LogP contribution in [0.5, 0.6) is 0 Å². The van der Waals surface area contributed by atoms with Crippen LogP contribution < -0.4 is 5.14 Å². The molecule has 0 spiro atoms. The van der Waals surface area contributed by atoms with Crippen molar-refractivity contribution in [2.75, 3.05) is 0 Å². The standard InChI is InChI=1S/C24H23ClN2O3S/c25-19-14-21(24(28)17-9-5-2-6-10-17)23(27-15-19)20-13-18(16-7-3-1-4-8-16)11-12-22(20)31(26,29)30/h2,5-6,9-16H,1,3-4,7-8H2,(H2,26,29,30). The summed E-state index contributed by atoms with van der Waals surface area (Å²) in [5, 5.41) is 5.82. The molecule has 1 fully saturated rings. The molecular weight excluding hydrogens is 432 g/mol. The lowest BCUT2D eigenvalue weighted by Gasteiger charge is -2.23. The van der Waals surface area contributed by atoms with Gasteiger partial charge in [0.2, 0.25) is 10.0 Å². The van der Waals surface area contributed by atoms with Crippen molar-refractivity contribution in [1.29, 1.82) is 0 Å². The number of carbonyl (C=O) groups excluding carboxylic acids is 1. The van der Waals surface area contributed by atoms with Crippen LogP contribution in [0.15, 0.2) is 65.7 Å². The summed E-state index contributed by atoms with van der Waals surface area (Å²) < 4.78 is 24.7. The van der Waals surface area contributed by atoms with Gasteiger partial charge in [0.25, 0.3) is 0 Å². The van der Waals surface area contributed by atoms with E-state index in [1.54, 1.807) is 24.3 Å². The van der Waals surface area contributed by atoms with Crippen molar-refractivity contribution in [1.82, 2.24) is 4.98 Å². The van der Waals surface area contributed by atoms with E-state index in [1.165, 1.54) is 24.8 Å². The zero-order chi connectivity index (χ0) is 22.0. The van der Waals surface area contributed by atoms with Gasteiger partial charge in [0.1, 0.15) is 0 Å². The van der Waals surface area contributed by atoms with E-state index in [0.29, 0.717) is 22.1 Å². The van der Waals surface area contributed by atoms with Gasteiger partial charge in [-0.05, 0) is 42.5 Å². The molecule has 0 amide bonds. The smallest absolute Gasteiger partial charge is 0.238 e. The van der Waals surface area contributed by atoms with Gasteiger partial charge < -0.3 is 0 Å². The van der Waals surface area contributed by atoms with E-state index in [-0.39, 0.29) is 21.9 Å². The third kappa shape index (κ3) is 4.71. The Bertz CT molecular complexity index is 1220. The van der Waals surface area contributed by atoms with Crippen LogP contribution in [0.1, 0.15) is 59.5 Å². The van der Waals surface area contributed by atoms with Gasteiger partial charge >= 0.3 is 0 Å². The summed E-state index contributed by atoms with van der Waals surface area (Å²) in [6.45, 7) is 0. The average Bonchev–Trinajstić information content (AvgIpc) is 2.78. The number of pyridine rings is 1. The number of rotatable bonds is 5. The molecule has 7 heteroatoms. The van der Waals surface area contributed by atoms with Crippen LogP contribution in [0, 0.1) is 0 Å². The molecule has 0 aliphatic heterocycles. The topological polar surface area (TPSA) is 90.1 Å². The highest BCUT2D eigenvalue weighted by Gasteiger charge is 2.25. The van der Waals surface area contributed by atoms with Crippen molar-refractivity contribution < 1.29 is 13.2 Å². The second kappa shape index (κ2) is 8.91. The first kappa shape index (κ1) is 21.7. The lowest BCUT2D eigenvalue weighted by Crippen LogP contribution is -2.15. The maximum absolute atomic E-state index is 13.3. The minimum absolute atomic E-state index is 0.0519. The minimum atomic E-state index is -4.03.